The van der Waals surface area contributed by atoms with Crippen molar-refractivity contribution in [3.63, 3.8) is 0 Å². The molecule has 4 aromatic rings. The van der Waals surface area contributed by atoms with Gasteiger partial charge in [-0.05, 0) is 61.5 Å². The molecule has 0 fully saturated rings. The minimum absolute atomic E-state index is 0.0672. The third kappa shape index (κ3) is 6.13. The summed E-state index contributed by atoms with van der Waals surface area (Å²) in [4.78, 5) is 26.0. The molecule has 0 bridgehead atoms. The van der Waals surface area contributed by atoms with Gasteiger partial charge in [-0.25, -0.2) is 8.42 Å². The predicted octanol–water partition coefficient (Wildman–Crippen LogP) is 5.30. The van der Waals surface area contributed by atoms with E-state index in [0.29, 0.717) is 11.4 Å². The molecule has 2 amide bonds. The molecular formula is C27H23N3O4S. The highest BCUT2D eigenvalue weighted by Crippen LogP contribution is 2.22. The van der Waals surface area contributed by atoms with Crippen LogP contribution in [0.1, 0.15) is 26.3 Å². The van der Waals surface area contributed by atoms with Gasteiger partial charge >= 0.3 is 0 Å². The van der Waals surface area contributed by atoms with E-state index in [1.54, 1.807) is 60.7 Å². The van der Waals surface area contributed by atoms with Crippen LogP contribution in [-0.4, -0.2) is 20.2 Å². The number of para-hydroxylation sites is 2. The summed E-state index contributed by atoms with van der Waals surface area (Å²) < 4.78 is 28.4. The molecular weight excluding hydrogens is 462 g/mol. The standard InChI is InChI=1S/C27H23N3O4S/c1-19-12-14-25(15-13-19)35(33,34)30-24-17-20(26(31)28-22-8-4-2-5-9-22)16-21(18-24)27(32)29-23-10-6-3-7-11-23/h2-18,30H,1H3,(H,28,31)(H,29,32). The van der Waals surface area contributed by atoms with Crippen molar-refractivity contribution < 1.29 is 18.0 Å². The van der Waals surface area contributed by atoms with Gasteiger partial charge in [0.1, 0.15) is 0 Å². The number of rotatable bonds is 7. The van der Waals surface area contributed by atoms with Crippen LogP contribution in [0.5, 0.6) is 0 Å². The van der Waals surface area contributed by atoms with E-state index in [2.05, 4.69) is 15.4 Å². The van der Waals surface area contributed by atoms with E-state index in [1.165, 1.54) is 30.3 Å². The van der Waals surface area contributed by atoms with Gasteiger partial charge in [0.15, 0.2) is 0 Å². The molecule has 0 aliphatic heterocycles. The molecule has 35 heavy (non-hydrogen) atoms. The molecule has 176 valence electrons. The van der Waals surface area contributed by atoms with E-state index in [0.717, 1.165) is 5.56 Å². The first-order valence-electron chi connectivity index (χ1n) is 10.8. The second-order valence-corrected chi connectivity index (χ2v) is 9.54. The molecule has 4 rings (SSSR count). The highest BCUT2D eigenvalue weighted by Gasteiger charge is 2.18. The van der Waals surface area contributed by atoms with Gasteiger partial charge in [0, 0.05) is 22.5 Å². The van der Waals surface area contributed by atoms with Crippen LogP contribution in [-0.2, 0) is 10.0 Å². The maximum atomic E-state index is 13.0. The number of amides is 2. The third-order valence-electron chi connectivity index (χ3n) is 5.10. The summed E-state index contributed by atoms with van der Waals surface area (Å²) in [5.41, 5.74) is 2.39. The second-order valence-electron chi connectivity index (χ2n) is 7.86. The second kappa shape index (κ2) is 10.2. The van der Waals surface area contributed by atoms with E-state index in [1.807, 2.05) is 19.1 Å². The average molecular weight is 486 g/mol. The molecule has 0 radical (unpaired) electrons. The van der Waals surface area contributed by atoms with Crippen molar-refractivity contribution in [2.45, 2.75) is 11.8 Å². The Hall–Kier alpha value is -4.43. The topological polar surface area (TPSA) is 104 Å². The molecule has 0 aliphatic carbocycles. The number of carbonyl (C=O) groups is 2. The van der Waals surface area contributed by atoms with E-state index in [-0.39, 0.29) is 21.7 Å². The SMILES string of the molecule is Cc1ccc(S(=O)(=O)Nc2cc(C(=O)Nc3ccccc3)cc(C(=O)Nc3ccccc3)c2)cc1. The van der Waals surface area contributed by atoms with Gasteiger partial charge in [-0.2, -0.15) is 0 Å². The summed E-state index contributed by atoms with van der Waals surface area (Å²) in [5.74, 6) is -0.970. The normalized spacial score (nSPS) is 10.9. The van der Waals surface area contributed by atoms with Crippen molar-refractivity contribution in [2.75, 3.05) is 15.4 Å². The molecule has 0 saturated carbocycles. The monoisotopic (exact) mass is 485 g/mol. The van der Waals surface area contributed by atoms with Gasteiger partial charge in [-0.3, -0.25) is 14.3 Å². The number of benzene rings is 4. The van der Waals surface area contributed by atoms with Gasteiger partial charge < -0.3 is 10.6 Å². The lowest BCUT2D eigenvalue weighted by molar-refractivity contribution is 0.102. The molecule has 0 aliphatic rings. The minimum atomic E-state index is -3.95. The Kier molecular flexibility index (Phi) is 6.93. The zero-order chi connectivity index (χ0) is 24.8. The highest BCUT2D eigenvalue weighted by atomic mass is 32.2. The van der Waals surface area contributed by atoms with Crippen LogP contribution in [0.15, 0.2) is 108 Å². The predicted molar refractivity (Wildman–Crippen MR) is 137 cm³/mol. The van der Waals surface area contributed by atoms with E-state index in [4.69, 9.17) is 0 Å². The van der Waals surface area contributed by atoms with Gasteiger partial charge in [0.25, 0.3) is 21.8 Å². The van der Waals surface area contributed by atoms with E-state index >= 15 is 0 Å². The van der Waals surface area contributed by atoms with Gasteiger partial charge in [-0.1, -0.05) is 54.1 Å². The molecule has 4 aromatic carbocycles. The zero-order valence-electron chi connectivity index (χ0n) is 18.9. The molecule has 0 spiro atoms. The Morgan fingerprint density at radius 2 is 1.06 bits per heavy atom. The average Bonchev–Trinajstić information content (AvgIpc) is 2.85. The quantitative estimate of drug-likeness (QED) is 0.330. The van der Waals surface area contributed by atoms with E-state index in [9.17, 15) is 18.0 Å². The fraction of sp³-hybridized carbons (Fsp3) is 0.0370. The highest BCUT2D eigenvalue weighted by molar-refractivity contribution is 7.92. The molecule has 0 saturated heterocycles. The maximum absolute atomic E-state index is 13.0. The van der Waals surface area contributed by atoms with Crippen LogP contribution >= 0.6 is 0 Å². The summed E-state index contributed by atoms with van der Waals surface area (Å²) >= 11 is 0. The van der Waals surface area contributed by atoms with Gasteiger partial charge in [0.05, 0.1) is 10.6 Å². The van der Waals surface area contributed by atoms with Crippen LogP contribution in [0.3, 0.4) is 0 Å². The first-order chi connectivity index (χ1) is 16.8. The maximum Gasteiger partial charge on any atom is 0.261 e. The first kappa shape index (κ1) is 23.7. The molecule has 0 heterocycles. The smallest absolute Gasteiger partial charge is 0.261 e. The Balaban J connectivity index is 1.68. The molecule has 0 unspecified atom stereocenters. The number of carbonyl (C=O) groups excluding carboxylic acids is 2. The van der Waals surface area contributed by atoms with Crippen molar-refractivity contribution in [1.82, 2.24) is 0 Å². The number of hydrogen-bond donors (Lipinski definition) is 3. The molecule has 8 heteroatoms. The fourth-order valence-electron chi connectivity index (χ4n) is 3.33. The van der Waals surface area contributed by atoms with Crippen molar-refractivity contribution in [3.05, 3.63) is 120 Å². The number of nitrogens with one attached hydrogen (secondary N) is 3. The Labute approximate surface area is 203 Å². The van der Waals surface area contributed by atoms with Crippen LogP contribution in [0.25, 0.3) is 0 Å². The lowest BCUT2D eigenvalue weighted by Crippen LogP contribution is -2.18. The van der Waals surface area contributed by atoms with E-state index < -0.39 is 21.8 Å². The molecule has 3 N–H and O–H groups in total. The minimum Gasteiger partial charge on any atom is -0.322 e. The van der Waals surface area contributed by atoms with Crippen molar-refractivity contribution in [2.24, 2.45) is 0 Å². The largest absolute Gasteiger partial charge is 0.322 e. The van der Waals surface area contributed by atoms with Gasteiger partial charge in [-0.15, -0.1) is 0 Å². The summed E-state index contributed by atoms with van der Waals surface area (Å²) in [7, 11) is -3.95. The summed E-state index contributed by atoms with van der Waals surface area (Å²) in [6, 6.07) is 28.2. The summed E-state index contributed by atoms with van der Waals surface area (Å²) in [6.45, 7) is 1.86. The Morgan fingerprint density at radius 1 is 0.600 bits per heavy atom. The molecule has 7 nitrogen and oxygen atoms in total. The van der Waals surface area contributed by atoms with Crippen molar-refractivity contribution in [3.8, 4) is 0 Å². The number of hydrogen-bond acceptors (Lipinski definition) is 4. The lowest BCUT2D eigenvalue weighted by atomic mass is 10.1. The Morgan fingerprint density at radius 3 is 1.51 bits per heavy atom. The fourth-order valence-corrected chi connectivity index (χ4v) is 4.37. The van der Waals surface area contributed by atoms with Crippen LogP contribution in [0.4, 0.5) is 17.1 Å². The number of sulfonamides is 1. The van der Waals surface area contributed by atoms with Crippen LogP contribution in [0, 0.1) is 6.92 Å². The summed E-state index contributed by atoms with van der Waals surface area (Å²) in [6.07, 6.45) is 0. The number of anilines is 3. The summed E-state index contributed by atoms with van der Waals surface area (Å²) in [5, 5.41) is 5.51. The van der Waals surface area contributed by atoms with Crippen LogP contribution < -0.4 is 15.4 Å². The van der Waals surface area contributed by atoms with Crippen molar-refractivity contribution >= 4 is 38.9 Å². The van der Waals surface area contributed by atoms with Crippen molar-refractivity contribution in [1.29, 1.82) is 0 Å². The Bertz CT molecular complexity index is 1380. The van der Waals surface area contributed by atoms with Crippen LogP contribution in [0.2, 0.25) is 0 Å². The first-order valence-corrected chi connectivity index (χ1v) is 12.3. The third-order valence-corrected chi connectivity index (χ3v) is 6.50. The molecule has 0 atom stereocenters. The lowest BCUT2D eigenvalue weighted by Gasteiger charge is -2.13. The zero-order valence-corrected chi connectivity index (χ0v) is 19.7. The van der Waals surface area contributed by atoms with Gasteiger partial charge in [0.2, 0.25) is 0 Å². The molecule has 0 aromatic heterocycles. The number of aryl methyl sites for hydroxylation is 1.